The number of carbonyl (C=O) groups is 1. The zero-order chi connectivity index (χ0) is 12.7. The van der Waals surface area contributed by atoms with E-state index in [1.807, 2.05) is 6.20 Å². The fourth-order valence-electron chi connectivity index (χ4n) is 1.62. The first-order valence-electron chi connectivity index (χ1n) is 6.15. The van der Waals surface area contributed by atoms with Gasteiger partial charge in [0.15, 0.2) is 0 Å². The van der Waals surface area contributed by atoms with Gasteiger partial charge in [-0.15, -0.1) is 0 Å². The molecule has 1 aromatic rings. The maximum absolute atomic E-state index is 11.2. The minimum Gasteiger partial charge on any atom is -0.380 e. The van der Waals surface area contributed by atoms with Crippen LogP contribution in [0.15, 0.2) is 12.4 Å². The van der Waals surface area contributed by atoms with E-state index in [0.717, 1.165) is 12.1 Å². The van der Waals surface area contributed by atoms with Crippen molar-refractivity contribution in [1.82, 2.24) is 15.1 Å². The number of nitrogens with zero attached hydrogens (tertiary/aromatic N) is 2. The van der Waals surface area contributed by atoms with Crippen LogP contribution in [-0.2, 0) is 11.3 Å². The molecule has 0 aromatic carbocycles. The molecule has 0 radical (unpaired) electrons. The number of nitrogens with one attached hydrogen (secondary N) is 2. The predicted octanol–water partition coefficient (Wildman–Crippen LogP) is 1.62. The third kappa shape index (κ3) is 4.89. The minimum atomic E-state index is -0.0429. The first kappa shape index (κ1) is 13.5. The van der Waals surface area contributed by atoms with Crippen LogP contribution < -0.4 is 10.6 Å². The van der Waals surface area contributed by atoms with Gasteiger partial charge in [-0.2, -0.15) is 5.10 Å². The van der Waals surface area contributed by atoms with Crippen LogP contribution in [0.3, 0.4) is 0 Å². The Morgan fingerprint density at radius 2 is 2.35 bits per heavy atom. The molecule has 0 aliphatic carbocycles. The van der Waals surface area contributed by atoms with Crippen molar-refractivity contribution in [3.8, 4) is 0 Å². The van der Waals surface area contributed by atoms with Gasteiger partial charge in [0.2, 0.25) is 5.91 Å². The molecular weight excluding hydrogens is 216 g/mol. The normalized spacial score (nSPS) is 12.2. The molecule has 0 aliphatic heterocycles. The quantitative estimate of drug-likeness (QED) is 0.759. The molecule has 5 nitrogen and oxygen atoms in total. The van der Waals surface area contributed by atoms with E-state index in [0.29, 0.717) is 6.04 Å². The van der Waals surface area contributed by atoms with Crippen LogP contribution in [0.25, 0.3) is 0 Å². The van der Waals surface area contributed by atoms with Crippen LogP contribution in [0.1, 0.15) is 33.1 Å². The van der Waals surface area contributed by atoms with E-state index in [1.165, 1.54) is 12.8 Å². The zero-order valence-electron chi connectivity index (χ0n) is 10.9. The van der Waals surface area contributed by atoms with E-state index >= 15 is 0 Å². The van der Waals surface area contributed by atoms with Crippen molar-refractivity contribution in [3.05, 3.63) is 12.4 Å². The van der Waals surface area contributed by atoms with Gasteiger partial charge in [0.25, 0.3) is 0 Å². The van der Waals surface area contributed by atoms with Crippen LogP contribution in [-0.4, -0.2) is 28.8 Å². The Morgan fingerprint density at radius 3 is 3.00 bits per heavy atom. The van der Waals surface area contributed by atoms with E-state index in [9.17, 15) is 4.79 Å². The molecule has 0 aliphatic rings. The molecule has 0 bridgehead atoms. The number of hydrogen-bond donors (Lipinski definition) is 2. The fourth-order valence-corrected chi connectivity index (χ4v) is 1.62. The number of aromatic nitrogens is 2. The Kier molecular flexibility index (Phi) is 5.52. The Morgan fingerprint density at radius 1 is 1.59 bits per heavy atom. The second-order valence-corrected chi connectivity index (χ2v) is 4.29. The molecule has 0 spiro atoms. The van der Waals surface area contributed by atoms with Gasteiger partial charge in [-0.1, -0.05) is 19.8 Å². The molecule has 0 saturated heterocycles. The van der Waals surface area contributed by atoms with Gasteiger partial charge in [0.05, 0.1) is 11.9 Å². The van der Waals surface area contributed by atoms with Gasteiger partial charge in [-0.05, 0) is 13.3 Å². The summed E-state index contributed by atoms with van der Waals surface area (Å²) in [7, 11) is 1.62. The summed E-state index contributed by atoms with van der Waals surface area (Å²) in [6.07, 6.45) is 7.20. The smallest absolute Gasteiger partial charge is 0.241 e. The first-order valence-corrected chi connectivity index (χ1v) is 6.15. The van der Waals surface area contributed by atoms with E-state index in [1.54, 1.807) is 17.9 Å². The summed E-state index contributed by atoms with van der Waals surface area (Å²) >= 11 is 0. The summed E-state index contributed by atoms with van der Waals surface area (Å²) < 4.78 is 1.63. The van der Waals surface area contributed by atoms with Gasteiger partial charge >= 0.3 is 0 Å². The van der Waals surface area contributed by atoms with Crippen molar-refractivity contribution in [3.63, 3.8) is 0 Å². The zero-order valence-corrected chi connectivity index (χ0v) is 10.9. The molecule has 96 valence electrons. The molecule has 1 unspecified atom stereocenters. The molecule has 1 heterocycles. The average molecular weight is 238 g/mol. The first-order chi connectivity index (χ1) is 8.15. The van der Waals surface area contributed by atoms with Crippen LogP contribution >= 0.6 is 0 Å². The Bertz CT molecular complexity index is 348. The van der Waals surface area contributed by atoms with Crippen LogP contribution in [0.5, 0.6) is 0 Å². The molecule has 1 rings (SSSR count). The topological polar surface area (TPSA) is 59.0 Å². The van der Waals surface area contributed by atoms with Crippen molar-refractivity contribution in [2.24, 2.45) is 0 Å². The fraction of sp³-hybridized carbons (Fsp3) is 0.667. The lowest BCUT2D eigenvalue weighted by Gasteiger charge is -2.12. The van der Waals surface area contributed by atoms with Crippen molar-refractivity contribution >= 4 is 11.6 Å². The third-order valence-corrected chi connectivity index (χ3v) is 2.62. The van der Waals surface area contributed by atoms with E-state index < -0.39 is 0 Å². The van der Waals surface area contributed by atoms with Crippen molar-refractivity contribution < 1.29 is 4.79 Å². The van der Waals surface area contributed by atoms with Crippen molar-refractivity contribution in [2.45, 2.75) is 45.7 Å². The summed E-state index contributed by atoms with van der Waals surface area (Å²) in [5.74, 6) is -0.0429. The second kappa shape index (κ2) is 6.93. The van der Waals surface area contributed by atoms with E-state index in [-0.39, 0.29) is 12.5 Å². The molecule has 0 fully saturated rings. The Balaban J connectivity index is 2.42. The molecular formula is C12H22N4O. The van der Waals surface area contributed by atoms with E-state index in [2.05, 4.69) is 29.6 Å². The van der Waals surface area contributed by atoms with Gasteiger partial charge in [0.1, 0.15) is 6.54 Å². The highest BCUT2D eigenvalue weighted by Gasteiger charge is 2.05. The molecule has 1 aromatic heterocycles. The number of unbranched alkanes of at least 4 members (excludes halogenated alkanes) is 1. The highest BCUT2D eigenvalue weighted by Crippen LogP contribution is 2.10. The van der Waals surface area contributed by atoms with Crippen LogP contribution in [0.2, 0.25) is 0 Å². The number of likely N-dealkylation sites (N-methyl/N-ethyl adjacent to an activating group) is 1. The van der Waals surface area contributed by atoms with Crippen LogP contribution in [0, 0.1) is 0 Å². The SMILES string of the molecule is CCCCC(C)Nc1cnn(CC(=O)NC)c1. The average Bonchev–Trinajstić information content (AvgIpc) is 2.73. The monoisotopic (exact) mass is 238 g/mol. The largest absolute Gasteiger partial charge is 0.380 e. The highest BCUT2D eigenvalue weighted by molar-refractivity contribution is 5.75. The summed E-state index contributed by atoms with van der Waals surface area (Å²) in [5, 5.41) is 10.1. The van der Waals surface area contributed by atoms with Crippen molar-refractivity contribution in [1.29, 1.82) is 0 Å². The lowest BCUT2D eigenvalue weighted by molar-refractivity contribution is -0.121. The van der Waals surface area contributed by atoms with Gasteiger partial charge in [-0.25, -0.2) is 0 Å². The predicted molar refractivity (Wildman–Crippen MR) is 68.9 cm³/mol. The highest BCUT2D eigenvalue weighted by atomic mass is 16.1. The minimum absolute atomic E-state index is 0.0429. The summed E-state index contributed by atoms with van der Waals surface area (Å²) in [6.45, 7) is 4.61. The summed E-state index contributed by atoms with van der Waals surface area (Å²) in [6, 6.07) is 0.438. The molecule has 0 saturated carbocycles. The standard InChI is InChI=1S/C12H22N4O/c1-4-5-6-10(2)15-11-7-14-16(8-11)9-12(17)13-3/h7-8,10,15H,4-6,9H2,1-3H3,(H,13,17). The maximum atomic E-state index is 11.2. The number of anilines is 1. The van der Waals surface area contributed by atoms with Gasteiger partial charge in [0, 0.05) is 19.3 Å². The van der Waals surface area contributed by atoms with Gasteiger partial charge < -0.3 is 10.6 Å². The van der Waals surface area contributed by atoms with E-state index in [4.69, 9.17) is 0 Å². The molecule has 17 heavy (non-hydrogen) atoms. The van der Waals surface area contributed by atoms with Gasteiger partial charge in [-0.3, -0.25) is 9.48 Å². The maximum Gasteiger partial charge on any atom is 0.241 e. The number of hydrogen-bond acceptors (Lipinski definition) is 3. The second-order valence-electron chi connectivity index (χ2n) is 4.29. The number of carbonyl (C=O) groups excluding carboxylic acids is 1. The van der Waals surface area contributed by atoms with Crippen LogP contribution in [0.4, 0.5) is 5.69 Å². The Labute approximate surface area is 103 Å². The summed E-state index contributed by atoms with van der Waals surface area (Å²) in [5.41, 5.74) is 0.970. The lowest BCUT2D eigenvalue weighted by Crippen LogP contribution is -2.23. The summed E-state index contributed by atoms with van der Waals surface area (Å²) in [4.78, 5) is 11.2. The van der Waals surface area contributed by atoms with Crippen molar-refractivity contribution in [2.75, 3.05) is 12.4 Å². The third-order valence-electron chi connectivity index (χ3n) is 2.62. The number of amides is 1. The number of rotatable bonds is 7. The molecule has 2 N–H and O–H groups in total. The Hall–Kier alpha value is -1.52. The molecule has 1 amide bonds. The molecule has 1 atom stereocenters. The lowest BCUT2D eigenvalue weighted by atomic mass is 10.1. The molecule has 5 heteroatoms.